The van der Waals surface area contributed by atoms with Gasteiger partial charge in [-0.05, 0) is 32.9 Å². The molecule has 0 bridgehead atoms. The Morgan fingerprint density at radius 2 is 2.11 bits per heavy atom. The molecule has 0 radical (unpaired) electrons. The molecule has 106 valence electrons. The van der Waals surface area contributed by atoms with E-state index in [1.807, 2.05) is 25.6 Å². The van der Waals surface area contributed by atoms with Crippen molar-refractivity contribution < 1.29 is 4.74 Å². The van der Waals surface area contributed by atoms with Gasteiger partial charge in [0.2, 0.25) is 11.9 Å². The number of nitrogens with zero attached hydrogens (tertiary/aromatic N) is 3. The lowest BCUT2D eigenvalue weighted by Gasteiger charge is -2.19. The van der Waals surface area contributed by atoms with Crippen molar-refractivity contribution in [2.45, 2.75) is 50.5 Å². The first-order chi connectivity index (χ1) is 9.08. The van der Waals surface area contributed by atoms with Gasteiger partial charge in [0.05, 0.1) is 6.10 Å². The molecule has 0 aromatic carbocycles. The predicted molar refractivity (Wildman–Crippen MR) is 78.6 cm³/mol. The molecule has 6 nitrogen and oxygen atoms in total. The Labute approximate surface area is 117 Å². The van der Waals surface area contributed by atoms with Crippen LogP contribution in [0, 0.1) is 0 Å². The normalized spacial score (nSPS) is 22.7. The van der Waals surface area contributed by atoms with E-state index in [0.717, 1.165) is 6.42 Å². The van der Waals surface area contributed by atoms with Crippen LogP contribution in [0.2, 0.25) is 0 Å². The number of hydrogen-bond acceptors (Lipinski definition) is 7. The van der Waals surface area contributed by atoms with E-state index in [4.69, 9.17) is 10.5 Å². The number of hydrogen-bond donors (Lipinski definition) is 2. The summed E-state index contributed by atoms with van der Waals surface area (Å²) < 4.78 is 5.47. The van der Waals surface area contributed by atoms with E-state index in [0.29, 0.717) is 17.2 Å². The molecular formula is C12H21N5OS. The van der Waals surface area contributed by atoms with Crippen LogP contribution >= 0.6 is 11.8 Å². The van der Waals surface area contributed by atoms with Crippen LogP contribution in [0.3, 0.4) is 0 Å². The molecule has 19 heavy (non-hydrogen) atoms. The third kappa shape index (κ3) is 3.86. The van der Waals surface area contributed by atoms with Crippen molar-refractivity contribution in [3.8, 4) is 6.01 Å². The van der Waals surface area contributed by atoms with Gasteiger partial charge >= 0.3 is 6.01 Å². The molecule has 2 rings (SSSR count). The molecule has 0 spiro atoms. The minimum atomic E-state index is 0.0140. The highest BCUT2D eigenvalue weighted by Gasteiger charge is 2.27. The van der Waals surface area contributed by atoms with Crippen molar-refractivity contribution in [1.82, 2.24) is 15.0 Å². The summed E-state index contributed by atoms with van der Waals surface area (Å²) in [7, 11) is 0. The molecule has 1 aliphatic carbocycles. The maximum absolute atomic E-state index is 5.69. The van der Waals surface area contributed by atoms with E-state index in [2.05, 4.69) is 26.5 Å². The summed E-state index contributed by atoms with van der Waals surface area (Å²) in [6, 6.07) is 0.674. The van der Waals surface area contributed by atoms with Gasteiger partial charge in [0.25, 0.3) is 0 Å². The molecule has 1 fully saturated rings. The van der Waals surface area contributed by atoms with Crippen molar-refractivity contribution in [2.24, 2.45) is 0 Å². The first kappa shape index (κ1) is 14.2. The van der Waals surface area contributed by atoms with Crippen molar-refractivity contribution in [2.75, 3.05) is 17.3 Å². The minimum absolute atomic E-state index is 0.0140. The zero-order valence-corrected chi connectivity index (χ0v) is 12.4. The summed E-state index contributed by atoms with van der Waals surface area (Å²) in [5, 5.41) is 3.96. The van der Waals surface area contributed by atoms with Crippen LogP contribution in [-0.2, 0) is 0 Å². The maximum Gasteiger partial charge on any atom is 0.323 e. The molecule has 0 amide bonds. The monoisotopic (exact) mass is 283 g/mol. The summed E-state index contributed by atoms with van der Waals surface area (Å²) >= 11 is 1.88. The largest absolute Gasteiger partial charge is 0.461 e. The number of anilines is 2. The van der Waals surface area contributed by atoms with Crippen LogP contribution in [0.1, 0.15) is 33.1 Å². The second-order valence-corrected chi connectivity index (χ2v) is 6.00. The third-order valence-corrected chi connectivity index (χ3v) is 4.21. The molecule has 1 aromatic heterocycles. The molecule has 1 aliphatic rings. The SMILES string of the molecule is CSC1CCCC1Nc1nc(N)nc(OC(C)C)n1. The van der Waals surface area contributed by atoms with Gasteiger partial charge in [-0.1, -0.05) is 6.42 Å². The van der Waals surface area contributed by atoms with Crippen molar-refractivity contribution in [3.63, 3.8) is 0 Å². The first-order valence-electron chi connectivity index (χ1n) is 6.56. The quantitative estimate of drug-likeness (QED) is 0.854. The Kier molecular flexibility index (Phi) is 4.68. The zero-order chi connectivity index (χ0) is 13.8. The van der Waals surface area contributed by atoms with Gasteiger partial charge in [-0.25, -0.2) is 0 Å². The molecule has 2 unspecified atom stereocenters. The van der Waals surface area contributed by atoms with Crippen LogP contribution in [0.15, 0.2) is 0 Å². The Balaban J connectivity index is 2.09. The first-order valence-corrected chi connectivity index (χ1v) is 7.85. The van der Waals surface area contributed by atoms with E-state index < -0.39 is 0 Å². The maximum atomic E-state index is 5.69. The second-order valence-electron chi connectivity index (χ2n) is 4.92. The molecular weight excluding hydrogens is 262 g/mol. The lowest BCUT2D eigenvalue weighted by molar-refractivity contribution is 0.222. The zero-order valence-electron chi connectivity index (χ0n) is 11.6. The summed E-state index contributed by atoms with van der Waals surface area (Å²) in [6.45, 7) is 3.85. The topological polar surface area (TPSA) is 86.0 Å². The van der Waals surface area contributed by atoms with E-state index >= 15 is 0 Å². The number of rotatable bonds is 5. The average molecular weight is 283 g/mol. The molecule has 0 aliphatic heterocycles. The molecule has 0 saturated heterocycles. The minimum Gasteiger partial charge on any atom is -0.461 e. The molecule has 7 heteroatoms. The number of aromatic nitrogens is 3. The number of nitrogen functional groups attached to an aromatic ring is 1. The van der Waals surface area contributed by atoms with Crippen molar-refractivity contribution >= 4 is 23.7 Å². The Bertz CT molecular complexity index is 429. The van der Waals surface area contributed by atoms with Gasteiger partial charge in [-0.2, -0.15) is 26.7 Å². The van der Waals surface area contributed by atoms with Gasteiger partial charge in [0.15, 0.2) is 0 Å². The molecule has 3 N–H and O–H groups in total. The highest BCUT2D eigenvalue weighted by Crippen LogP contribution is 2.30. The van der Waals surface area contributed by atoms with Gasteiger partial charge in [-0.3, -0.25) is 0 Å². The fourth-order valence-corrected chi connectivity index (χ4v) is 3.17. The lowest BCUT2D eigenvalue weighted by Crippen LogP contribution is -2.27. The molecule has 1 aromatic rings. The van der Waals surface area contributed by atoms with Crippen LogP contribution in [-0.4, -0.2) is 38.6 Å². The predicted octanol–water partition coefficient (Wildman–Crippen LogP) is 1.94. The van der Waals surface area contributed by atoms with Crippen LogP contribution < -0.4 is 15.8 Å². The van der Waals surface area contributed by atoms with E-state index in [1.54, 1.807) is 0 Å². The van der Waals surface area contributed by atoms with Crippen LogP contribution in [0.4, 0.5) is 11.9 Å². The van der Waals surface area contributed by atoms with E-state index in [-0.39, 0.29) is 18.1 Å². The summed E-state index contributed by atoms with van der Waals surface area (Å²) in [6.07, 6.45) is 5.76. The van der Waals surface area contributed by atoms with Gasteiger partial charge < -0.3 is 15.8 Å². The van der Waals surface area contributed by atoms with Gasteiger partial charge in [-0.15, -0.1) is 0 Å². The highest BCUT2D eigenvalue weighted by molar-refractivity contribution is 7.99. The van der Waals surface area contributed by atoms with Gasteiger partial charge in [0.1, 0.15) is 0 Å². The van der Waals surface area contributed by atoms with Crippen LogP contribution in [0.25, 0.3) is 0 Å². The Hall–Kier alpha value is -1.24. The summed E-state index contributed by atoms with van der Waals surface area (Å²) in [5.74, 6) is 0.695. The smallest absolute Gasteiger partial charge is 0.323 e. The number of thioether (sulfide) groups is 1. The van der Waals surface area contributed by atoms with Crippen molar-refractivity contribution in [3.05, 3.63) is 0 Å². The Morgan fingerprint density at radius 1 is 1.32 bits per heavy atom. The highest BCUT2D eigenvalue weighted by atomic mass is 32.2. The summed E-state index contributed by atoms with van der Waals surface area (Å²) in [4.78, 5) is 12.4. The van der Waals surface area contributed by atoms with E-state index in [1.165, 1.54) is 12.8 Å². The standard InChI is InChI=1S/C12H21N5OS/c1-7(2)18-12-16-10(13)15-11(17-12)14-8-5-4-6-9(8)19-3/h7-9H,4-6H2,1-3H3,(H3,13,14,15,16,17). The fourth-order valence-electron chi connectivity index (χ4n) is 2.24. The average Bonchev–Trinajstić information content (AvgIpc) is 2.74. The molecule has 2 atom stereocenters. The van der Waals surface area contributed by atoms with Gasteiger partial charge in [0, 0.05) is 11.3 Å². The second kappa shape index (κ2) is 6.27. The van der Waals surface area contributed by atoms with Crippen molar-refractivity contribution in [1.29, 1.82) is 0 Å². The number of ether oxygens (including phenoxy) is 1. The Morgan fingerprint density at radius 3 is 2.79 bits per heavy atom. The molecule has 1 saturated carbocycles. The lowest BCUT2D eigenvalue weighted by atomic mass is 10.2. The molecule has 1 heterocycles. The third-order valence-electron chi connectivity index (χ3n) is 3.04. The van der Waals surface area contributed by atoms with Crippen LogP contribution in [0.5, 0.6) is 6.01 Å². The summed E-state index contributed by atoms with van der Waals surface area (Å²) in [5.41, 5.74) is 5.69. The number of nitrogens with one attached hydrogen (secondary N) is 1. The fraction of sp³-hybridized carbons (Fsp3) is 0.750. The van der Waals surface area contributed by atoms with E-state index in [9.17, 15) is 0 Å². The number of nitrogens with two attached hydrogens (primary N) is 1.